The highest BCUT2D eigenvalue weighted by molar-refractivity contribution is 5.94. The Bertz CT molecular complexity index is 744. The molecule has 0 N–H and O–H groups in total. The summed E-state index contributed by atoms with van der Waals surface area (Å²) in [5.74, 6) is -0.241. The number of amides is 1. The van der Waals surface area contributed by atoms with E-state index in [1.807, 2.05) is 6.07 Å². The molecule has 2 aromatic rings. The van der Waals surface area contributed by atoms with E-state index >= 15 is 0 Å². The number of carbonyl (C=O) groups excluding carboxylic acids is 1. The molecule has 0 aliphatic heterocycles. The van der Waals surface area contributed by atoms with E-state index in [0.717, 1.165) is 42.5 Å². The smallest absolute Gasteiger partial charge is 0.263 e. The first kappa shape index (κ1) is 14.6. The van der Waals surface area contributed by atoms with Gasteiger partial charge in [0.1, 0.15) is 5.56 Å². The Hall–Kier alpha value is -2.30. The highest BCUT2D eigenvalue weighted by Crippen LogP contribution is 2.20. The zero-order valence-corrected chi connectivity index (χ0v) is 13.0. The minimum Gasteiger partial charge on any atom is -0.472 e. The topological polar surface area (TPSA) is 55.5 Å². The number of nitrogens with zero attached hydrogens (tertiary/aromatic N) is 2. The van der Waals surface area contributed by atoms with E-state index in [1.54, 1.807) is 42.2 Å². The molecule has 0 radical (unpaired) electrons. The second-order valence-corrected chi connectivity index (χ2v) is 5.89. The van der Waals surface area contributed by atoms with Crippen LogP contribution in [-0.2, 0) is 26.4 Å². The summed E-state index contributed by atoms with van der Waals surface area (Å²) in [5.41, 5.74) is 3.17. The normalized spacial score (nSPS) is 13.7. The Morgan fingerprint density at radius 3 is 2.86 bits per heavy atom. The Labute approximate surface area is 129 Å². The zero-order valence-electron chi connectivity index (χ0n) is 13.0. The van der Waals surface area contributed by atoms with Crippen LogP contribution in [0.1, 0.15) is 40.0 Å². The third-order valence-electron chi connectivity index (χ3n) is 4.32. The van der Waals surface area contributed by atoms with Crippen molar-refractivity contribution < 1.29 is 9.21 Å². The van der Waals surface area contributed by atoms with Crippen LogP contribution in [0.4, 0.5) is 0 Å². The van der Waals surface area contributed by atoms with Gasteiger partial charge in [0.05, 0.1) is 12.5 Å². The van der Waals surface area contributed by atoms with Crippen molar-refractivity contribution in [3.05, 3.63) is 57.4 Å². The maximum absolute atomic E-state index is 12.6. The lowest BCUT2D eigenvalue weighted by molar-refractivity contribution is 0.0782. The summed E-state index contributed by atoms with van der Waals surface area (Å²) in [6.07, 6.45) is 7.26. The molecule has 5 nitrogen and oxygen atoms in total. The fourth-order valence-electron chi connectivity index (χ4n) is 3.08. The number of hydrogen-bond donors (Lipinski definition) is 0. The van der Waals surface area contributed by atoms with Crippen molar-refractivity contribution in [2.24, 2.45) is 7.05 Å². The van der Waals surface area contributed by atoms with Crippen molar-refractivity contribution in [3.8, 4) is 0 Å². The van der Waals surface area contributed by atoms with Gasteiger partial charge in [-0.05, 0) is 43.4 Å². The summed E-state index contributed by atoms with van der Waals surface area (Å²) in [6, 6.07) is 3.61. The molecule has 0 bridgehead atoms. The summed E-state index contributed by atoms with van der Waals surface area (Å²) in [5, 5.41) is 0. The minimum absolute atomic E-state index is 0.204. The maximum atomic E-state index is 12.6. The van der Waals surface area contributed by atoms with Crippen molar-refractivity contribution in [2.45, 2.75) is 32.2 Å². The average Bonchev–Trinajstić information content (AvgIpc) is 3.03. The Kier molecular flexibility index (Phi) is 3.88. The second-order valence-electron chi connectivity index (χ2n) is 5.89. The molecule has 1 aliphatic rings. The van der Waals surface area contributed by atoms with Crippen LogP contribution in [-0.4, -0.2) is 22.4 Å². The molecule has 0 saturated carbocycles. The summed E-state index contributed by atoms with van der Waals surface area (Å²) in [6.45, 7) is 0.426. The zero-order chi connectivity index (χ0) is 15.7. The highest BCUT2D eigenvalue weighted by Gasteiger charge is 2.22. The molecule has 2 aromatic heterocycles. The fourth-order valence-corrected chi connectivity index (χ4v) is 3.08. The lowest BCUT2D eigenvalue weighted by Crippen LogP contribution is -2.35. The Morgan fingerprint density at radius 2 is 2.14 bits per heavy atom. The number of furan rings is 1. The largest absolute Gasteiger partial charge is 0.472 e. The van der Waals surface area contributed by atoms with Crippen LogP contribution in [0.15, 0.2) is 33.9 Å². The van der Waals surface area contributed by atoms with Gasteiger partial charge < -0.3 is 13.9 Å². The van der Waals surface area contributed by atoms with Crippen LogP contribution < -0.4 is 5.56 Å². The monoisotopic (exact) mass is 300 g/mol. The number of pyridine rings is 1. The Morgan fingerprint density at radius 1 is 1.36 bits per heavy atom. The molecule has 5 heteroatoms. The summed E-state index contributed by atoms with van der Waals surface area (Å²) in [4.78, 5) is 26.7. The summed E-state index contributed by atoms with van der Waals surface area (Å²) >= 11 is 0. The summed E-state index contributed by atoms with van der Waals surface area (Å²) in [7, 11) is 3.47. The molecule has 0 aromatic carbocycles. The number of carbonyl (C=O) groups is 1. The molecule has 116 valence electrons. The van der Waals surface area contributed by atoms with Crippen molar-refractivity contribution >= 4 is 5.91 Å². The SMILES string of the molecule is CN(Cc1ccoc1)C(=O)c1cc2c(n(C)c1=O)CCCC2. The van der Waals surface area contributed by atoms with Gasteiger partial charge in [-0.1, -0.05) is 0 Å². The molecule has 0 fully saturated rings. The molecule has 22 heavy (non-hydrogen) atoms. The first-order valence-corrected chi connectivity index (χ1v) is 7.56. The molecular weight excluding hydrogens is 280 g/mol. The predicted molar refractivity (Wildman–Crippen MR) is 82.8 cm³/mol. The van der Waals surface area contributed by atoms with E-state index < -0.39 is 0 Å². The third-order valence-corrected chi connectivity index (χ3v) is 4.32. The molecule has 0 saturated heterocycles. The number of aromatic nitrogens is 1. The lowest BCUT2D eigenvalue weighted by atomic mass is 9.94. The summed E-state index contributed by atoms with van der Waals surface area (Å²) < 4.78 is 6.66. The average molecular weight is 300 g/mol. The molecule has 1 aliphatic carbocycles. The maximum Gasteiger partial charge on any atom is 0.263 e. The van der Waals surface area contributed by atoms with Gasteiger partial charge in [0, 0.05) is 31.9 Å². The van der Waals surface area contributed by atoms with Crippen LogP contribution in [0.25, 0.3) is 0 Å². The van der Waals surface area contributed by atoms with Crippen molar-refractivity contribution in [2.75, 3.05) is 7.05 Å². The van der Waals surface area contributed by atoms with Crippen LogP contribution in [0.3, 0.4) is 0 Å². The number of hydrogen-bond acceptors (Lipinski definition) is 3. The van der Waals surface area contributed by atoms with E-state index in [0.29, 0.717) is 6.54 Å². The second kappa shape index (κ2) is 5.83. The third kappa shape index (κ3) is 2.58. The standard InChI is InChI=1S/C17H20N2O3/c1-18(10-12-7-8-22-11-12)16(20)14-9-13-5-3-4-6-15(13)19(2)17(14)21/h7-9,11H,3-6,10H2,1-2H3. The van der Waals surface area contributed by atoms with Crippen LogP contribution in [0.5, 0.6) is 0 Å². The molecule has 1 amide bonds. The van der Waals surface area contributed by atoms with Crippen LogP contribution >= 0.6 is 0 Å². The molecule has 0 atom stereocenters. The van der Waals surface area contributed by atoms with Gasteiger partial charge in [0.25, 0.3) is 11.5 Å². The van der Waals surface area contributed by atoms with E-state index in [4.69, 9.17) is 4.42 Å². The highest BCUT2D eigenvalue weighted by atomic mass is 16.3. The predicted octanol–water partition coefficient (Wildman–Crippen LogP) is 2.13. The molecular formula is C17H20N2O3. The first-order chi connectivity index (χ1) is 10.6. The molecule has 3 rings (SSSR count). The van der Waals surface area contributed by atoms with Crippen molar-refractivity contribution in [1.82, 2.24) is 9.47 Å². The number of aryl methyl sites for hydroxylation is 1. The van der Waals surface area contributed by atoms with Crippen LogP contribution in [0.2, 0.25) is 0 Å². The van der Waals surface area contributed by atoms with E-state index in [-0.39, 0.29) is 17.0 Å². The lowest BCUT2D eigenvalue weighted by Gasteiger charge is -2.22. The van der Waals surface area contributed by atoms with Gasteiger partial charge in [0.15, 0.2) is 0 Å². The van der Waals surface area contributed by atoms with Gasteiger partial charge in [-0.15, -0.1) is 0 Å². The molecule has 2 heterocycles. The van der Waals surface area contributed by atoms with Gasteiger partial charge in [-0.25, -0.2) is 0 Å². The van der Waals surface area contributed by atoms with Gasteiger partial charge in [-0.2, -0.15) is 0 Å². The van der Waals surface area contributed by atoms with E-state index in [9.17, 15) is 9.59 Å². The van der Waals surface area contributed by atoms with Gasteiger partial charge in [-0.3, -0.25) is 9.59 Å². The molecule has 0 unspecified atom stereocenters. The van der Waals surface area contributed by atoms with Crippen LogP contribution in [0, 0.1) is 0 Å². The van der Waals surface area contributed by atoms with E-state index in [2.05, 4.69) is 0 Å². The Balaban J connectivity index is 1.92. The molecule has 0 spiro atoms. The quantitative estimate of drug-likeness (QED) is 0.872. The van der Waals surface area contributed by atoms with E-state index in [1.165, 1.54) is 0 Å². The van der Waals surface area contributed by atoms with Gasteiger partial charge >= 0.3 is 0 Å². The van der Waals surface area contributed by atoms with Gasteiger partial charge in [0.2, 0.25) is 0 Å². The van der Waals surface area contributed by atoms with Crippen molar-refractivity contribution in [1.29, 1.82) is 0 Å². The minimum atomic E-state index is -0.241. The number of rotatable bonds is 3. The van der Waals surface area contributed by atoms with Crippen molar-refractivity contribution in [3.63, 3.8) is 0 Å². The number of fused-ring (bicyclic) bond motifs is 1. The first-order valence-electron chi connectivity index (χ1n) is 7.56. The fraction of sp³-hybridized carbons (Fsp3) is 0.412.